The lowest BCUT2D eigenvalue weighted by Crippen LogP contribution is -2.48. The Labute approximate surface area is 173 Å². The minimum absolute atomic E-state index is 0.142. The van der Waals surface area contributed by atoms with Crippen LogP contribution in [0.1, 0.15) is 21.7 Å². The van der Waals surface area contributed by atoms with Crippen LogP contribution >= 0.6 is 11.6 Å². The molecule has 0 bridgehead atoms. The molecule has 1 amide bonds. The standard InChI is InChI=1S/C22H22ClFN2O3/c1-28-14-17-15-5-2-3-8-20(15)29-21(17)22(27)26-11-9-25(10-12-26)13-16-18(23)6-4-7-19(16)24/h2-8H,9-14H2,1H3. The average Bonchev–Trinajstić information content (AvgIpc) is 3.10. The minimum Gasteiger partial charge on any atom is -0.451 e. The van der Waals surface area contributed by atoms with Gasteiger partial charge in [0.15, 0.2) is 5.76 Å². The number of piperazine rings is 1. The number of rotatable bonds is 5. The highest BCUT2D eigenvalue weighted by Gasteiger charge is 2.28. The summed E-state index contributed by atoms with van der Waals surface area (Å²) in [6, 6.07) is 12.3. The maximum atomic E-state index is 14.1. The average molecular weight is 417 g/mol. The van der Waals surface area contributed by atoms with E-state index in [1.165, 1.54) is 6.07 Å². The molecule has 0 saturated carbocycles. The summed E-state index contributed by atoms with van der Waals surface area (Å²) >= 11 is 6.14. The Morgan fingerprint density at radius 3 is 2.59 bits per heavy atom. The first-order chi connectivity index (χ1) is 14.1. The second-order valence-electron chi connectivity index (χ2n) is 7.11. The van der Waals surface area contributed by atoms with E-state index in [2.05, 4.69) is 4.90 Å². The zero-order valence-electron chi connectivity index (χ0n) is 16.2. The van der Waals surface area contributed by atoms with Crippen LogP contribution in [0.2, 0.25) is 5.02 Å². The summed E-state index contributed by atoms with van der Waals surface area (Å²) in [6.45, 7) is 3.08. The number of halogens is 2. The molecule has 4 rings (SSSR count). The number of carbonyl (C=O) groups is 1. The van der Waals surface area contributed by atoms with Gasteiger partial charge >= 0.3 is 0 Å². The number of fused-ring (bicyclic) bond motifs is 1. The van der Waals surface area contributed by atoms with Gasteiger partial charge in [-0.15, -0.1) is 0 Å². The van der Waals surface area contributed by atoms with E-state index in [1.54, 1.807) is 24.1 Å². The van der Waals surface area contributed by atoms with Gasteiger partial charge in [0.25, 0.3) is 5.91 Å². The van der Waals surface area contributed by atoms with Gasteiger partial charge in [0, 0.05) is 61.4 Å². The van der Waals surface area contributed by atoms with Gasteiger partial charge in [0.05, 0.1) is 6.61 Å². The Morgan fingerprint density at radius 1 is 1.10 bits per heavy atom. The van der Waals surface area contributed by atoms with Crippen molar-refractivity contribution in [2.45, 2.75) is 13.2 Å². The molecule has 1 aliphatic rings. The molecule has 1 saturated heterocycles. The maximum Gasteiger partial charge on any atom is 0.290 e. The van der Waals surface area contributed by atoms with Crippen LogP contribution in [0.15, 0.2) is 46.9 Å². The third kappa shape index (κ3) is 4.01. The van der Waals surface area contributed by atoms with E-state index in [0.717, 1.165) is 10.9 Å². The fourth-order valence-electron chi connectivity index (χ4n) is 3.72. The van der Waals surface area contributed by atoms with Crippen molar-refractivity contribution < 1.29 is 18.3 Å². The van der Waals surface area contributed by atoms with Crippen LogP contribution in [-0.4, -0.2) is 49.0 Å². The number of para-hydroxylation sites is 1. The smallest absolute Gasteiger partial charge is 0.290 e. The van der Waals surface area contributed by atoms with Gasteiger partial charge in [-0.05, 0) is 18.2 Å². The van der Waals surface area contributed by atoms with Gasteiger partial charge in [0.1, 0.15) is 11.4 Å². The summed E-state index contributed by atoms with van der Waals surface area (Å²) in [4.78, 5) is 17.0. The fourth-order valence-corrected chi connectivity index (χ4v) is 3.94. The highest BCUT2D eigenvalue weighted by molar-refractivity contribution is 6.31. The van der Waals surface area contributed by atoms with Crippen LogP contribution in [-0.2, 0) is 17.9 Å². The van der Waals surface area contributed by atoms with Crippen LogP contribution in [0, 0.1) is 5.82 Å². The van der Waals surface area contributed by atoms with E-state index < -0.39 is 0 Å². The molecule has 152 valence electrons. The first kappa shape index (κ1) is 19.9. The van der Waals surface area contributed by atoms with Crippen molar-refractivity contribution in [1.82, 2.24) is 9.80 Å². The second kappa shape index (κ2) is 8.53. The maximum absolute atomic E-state index is 14.1. The normalized spacial score (nSPS) is 15.2. The second-order valence-corrected chi connectivity index (χ2v) is 7.51. The molecule has 0 atom stereocenters. The molecule has 2 heterocycles. The number of ether oxygens (including phenoxy) is 1. The number of methoxy groups -OCH3 is 1. The number of hydrogen-bond donors (Lipinski definition) is 0. The number of nitrogens with zero attached hydrogens (tertiary/aromatic N) is 2. The zero-order valence-corrected chi connectivity index (χ0v) is 16.9. The lowest BCUT2D eigenvalue weighted by Gasteiger charge is -2.34. The monoisotopic (exact) mass is 416 g/mol. The molecule has 2 aromatic carbocycles. The number of carbonyl (C=O) groups excluding carboxylic acids is 1. The number of benzene rings is 2. The molecule has 7 heteroatoms. The van der Waals surface area contributed by atoms with Crippen molar-refractivity contribution in [2.24, 2.45) is 0 Å². The van der Waals surface area contributed by atoms with E-state index >= 15 is 0 Å². The molecule has 1 aliphatic heterocycles. The first-order valence-electron chi connectivity index (χ1n) is 9.52. The molecule has 3 aromatic rings. The number of furan rings is 1. The van der Waals surface area contributed by atoms with Crippen LogP contribution in [0.4, 0.5) is 4.39 Å². The van der Waals surface area contributed by atoms with Crippen molar-refractivity contribution in [2.75, 3.05) is 33.3 Å². The Hall–Kier alpha value is -2.41. The van der Waals surface area contributed by atoms with Crippen molar-refractivity contribution in [3.05, 3.63) is 70.2 Å². The molecular formula is C22H22ClFN2O3. The van der Waals surface area contributed by atoms with E-state index in [4.69, 9.17) is 20.8 Å². The molecule has 5 nitrogen and oxygen atoms in total. The molecule has 1 fully saturated rings. The van der Waals surface area contributed by atoms with Crippen molar-refractivity contribution in [1.29, 1.82) is 0 Å². The van der Waals surface area contributed by atoms with Gasteiger partial charge in [-0.25, -0.2) is 4.39 Å². The Balaban J connectivity index is 1.47. The van der Waals surface area contributed by atoms with Crippen LogP contribution in [0.3, 0.4) is 0 Å². The fraction of sp³-hybridized carbons (Fsp3) is 0.318. The predicted molar refractivity (Wildman–Crippen MR) is 110 cm³/mol. The highest BCUT2D eigenvalue weighted by Crippen LogP contribution is 2.28. The largest absolute Gasteiger partial charge is 0.451 e. The SMILES string of the molecule is COCc1c(C(=O)N2CCN(Cc3c(F)cccc3Cl)CC2)oc2ccccc12. The highest BCUT2D eigenvalue weighted by atomic mass is 35.5. The Kier molecular flexibility index (Phi) is 5.85. The summed E-state index contributed by atoms with van der Waals surface area (Å²) in [5, 5.41) is 1.32. The lowest BCUT2D eigenvalue weighted by atomic mass is 10.1. The van der Waals surface area contributed by atoms with Gasteiger partial charge < -0.3 is 14.1 Å². The molecule has 0 spiro atoms. The third-order valence-electron chi connectivity index (χ3n) is 5.28. The molecule has 1 aromatic heterocycles. The zero-order chi connectivity index (χ0) is 20.4. The van der Waals surface area contributed by atoms with Gasteiger partial charge in [-0.3, -0.25) is 9.69 Å². The third-order valence-corrected chi connectivity index (χ3v) is 5.64. The van der Waals surface area contributed by atoms with E-state index in [0.29, 0.717) is 61.3 Å². The lowest BCUT2D eigenvalue weighted by molar-refractivity contribution is 0.0593. The van der Waals surface area contributed by atoms with E-state index in [9.17, 15) is 9.18 Å². The molecule has 0 aliphatic carbocycles. The van der Waals surface area contributed by atoms with E-state index in [1.807, 2.05) is 24.3 Å². The van der Waals surface area contributed by atoms with Crippen LogP contribution in [0.5, 0.6) is 0 Å². The molecule has 29 heavy (non-hydrogen) atoms. The van der Waals surface area contributed by atoms with Gasteiger partial charge in [-0.2, -0.15) is 0 Å². The molecule has 0 unspecified atom stereocenters. The summed E-state index contributed by atoms with van der Waals surface area (Å²) < 4.78 is 25.2. The van der Waals surface area contributed by atoms with Gasteiger partial charge in [-0.1, -0.05) is 35.9 Å². The molecule has 0 N–H and O–H groups in total. The minimum atomic E-state index is -0.303. The predicted octanol–water partition coefficient (Wildman–Crippen LogP) is 4.33. The summed E-state index contributed by atoms with van der Waals surface area (Å²) in [5.74, 6) is -0.113. The Bertz CT molecular complexity index is 1010. The number of amides is 1. The topological polar surface area (TPSA) is 45.9 Å². The molecular weight excluding hydrogens is 395 g/mol. The first-order valence-corrected chi connectivity index (χ1v) is 9.90. The summed E-state index contributed by atoms with van der Waals surface area (Å²) in [7, 11) is 1.60. The summed E-state index contributed by atoms with van der Waals surface area (Å²) in [6.07, 6.45) is 0. The number of hydrogen-bond acceptors (Lipinski definition) is 4. The van der Waals surface area contributed by atoms with Crippen molar-refractivity contribution in [3.8, 4) is 0 Å². The molecule has 0 radical (unpaired) electrons. The van der Waals surface area contributed by atoms with Crippen molar-refractivity contribution >= 4 is 28.5 Å². The van der Waals surface area contributed by atoms with Crippen LogP contribution in [0.25, 0.3) is 11.0 Å². The van der Waals surface area contributed by atoms with Gasteiger partial charge in [0.2, 0.25) is 0 Å². The van der Waals surface area contributed by atoms with Crippen molar-refractivity contribution in [3.63, 3.8) is 0 Å². The van der Waals surface area contributed by atoms with E-state index in [-0.39, 0.29) is 11.7 Å². The summed E-state index contributed by atoms with van der Waals surface area (Å²) in [5.41, 5.74) is 1.94. The Morgan fingerprint density at radius 2 is 1.86 bits per heavy atom. The quantitative estimate of drug-likeness (QED) is 0.621. The van der Waals surface area contributed by atoms with Crippen LogP contribution < -0.4 is 0 Å².